The highest BCUT2D eigenvalue weighted by Crippen LogP contribution is 2.76. The van der Waals surface area contributed by atoms with Crippen molar-refractivity contribution < 1.29 is 24.2 Å². The number of allylic oxidation sites excluding steroid dienone is 2. The van der Waals surface area contributed by atoms with Crippen molar-refractivity contribution in [3.8, 4) is 0 Å². The predicted octanol–water partition coefficient (Wildman–Crippen LogP) is 9.73. The molecule has 5 heteroatoms. The molecule has 0 aliphatic heterocycles. The van der Waals surface area contributed by atoms with Crippen LogP contribution in [0.15, 0.2) is 72.3 Å². The van der Waals surface area contributed by atoms with E-state index in [1.165, 1.54) is 5.57 Å². The van der Waals surface area contributed by atoms with Crippen molar-refractivity contribution in [2.24, 2.45) is 50.2 Å². The number of fused-ring (bicyclic) bond motifs is 7. The van der Waals surface area contributed by atoms with E-state index in [1.807, 2.05) is 48.5 Å². The second-order valence-corrected chi connectivity index (χ2v) is 18.7. The molecule has 264 valence electrons. The summed E-state index contributed by atoms with van der Waals surface area (Å²) in [5, 5.41) is 11.8. The molecule has 4 fully saturated rings. The van der Waals surface area contributed by atoms with Crippen LogP contribution in [0.3, 0.4) is 0 Å². The first-order valence-electron chi connectivity index (χ1n) is 18.9. The molecule has 1 N–H and O–H groups in total. The van der Waals surface area contributed by atoms with Gasteiger partial charge in [0, 0.05) is 0 Å². The lowest BCUT2D eigenvalue weighted by atomic mass is 9.33. The van der Waals surface area contributed by atoms with Gasteiger partial charge < -0.3 is 14.6 Å². The Hall–Kier alpha value is -2.92. The number of carbonyl (C=O) groups excluding carboxylic acids is 2. The molecule has 2 aromatic rings. The number of aliphatic hydroxyl groups excluding tert-OH is 1. The summed E-state index contributed by atoms with van der Waals surface area (Å²) < 4.78 is 12.4. The van der Waals surface area contributed by atoms with Gasteiger partial charge in [-0.2, -0.15) is 0 Å². The van der Waals surface area contributed by atoms with Crippen LogP contribution in [-0.4, -0.2) is 29.3 Å². The van der Waals surface area contributed by atoms with Crippen LogP contribution in [0, 0.1) is 50.2 Å². The quantitative estimate of drug-likeness (QED) is 0.254. The van der Waals surface area contributed by atoms with Gasteiger partial charge in [0.05, 0.1) is 17.1 Å². The molecule has 0 bridgehead atoms. The van der Waals surface area contributed by atoms with Gasteiger partial charge in [0.15, 0.2) is 0 Å². The summed E-state index contributed by atoms with van der Waals surface area (Å²) in [6.07, 6.45) is 9.77. The van der Waals surface area contributed by atoms with Gasteiger partial charge in [-0.1, -0.05) is 109 Å². The Bertz CT molecular complexity index is 1610. The average molecular weight is 667 g/mol. The molecule has 5 nitrogen and oxygen atoms in total. The molecule has 0 spiro atoms. The molecule has 2 aromatic carbocycles. The van der Waals surface area contributed by atoms with E-state index in [4.69, 9.17) is 9.47 Å². The van der Waals surface area contributed by atoms with Crippen molar-refractivity contribution in [1.82, 2.24) is 0 Å². The molecule has 0 saturated heterocycles. The number of hydrogen-bond donors (Lipinski definition) is 1. The summed E-state index contributed by atoms with van der Waals surface area (Å²) in [6, 6.07) is 19.2. The Labute approximate surface area is 294 Å². The number of rotatable bonds is 5. The van der Waals surface area contributed by atoms with Crippen molar-refractivity contribution in [1.29, 1.82) is 0 Å². The van der Waals surface area contributed by atoms with Crippen LogP contribution in [0.2, 0.25) is 0 Å². The second-order valence-electron chi connectivity index (χ2n) is 18.7. The molecule has 0 unspecified atom stereocenters. The summed E-state index contributed by atoms with van der Waals surface area (Å²) in [6.45, 7) is 17.0. The minimum Gasteiger partial charge on any atom is -0.460 e. The Morgan fingerprint density at radius 3 is 2.14 bits per heavy atom. The number of ether oxygens (including phenoxy) is 2. The van der Waals surface area contributed by atoms with Gasteiger partial charge in [-0.05, 0) is 120 Å². The van der Waals surface area contributed by atoms with E-state index in [0.717, 1.165) is 56.9 Å². The number of aliphatic hydroxyl groups is 1. The van der Waals surface area contributed by atoms with Crippen LogP contribution in [0.4, 0.5) is 0 Å². The highest BCUT2D eigenvalue weighted by atomic mass is 16.6. The van der Waals surface area contributed by atoms with Gasteiger partial charge in [0.2, 0.25) is 0 Å². The molecule has 9 atom stereocenters. The first kappa shape index (κ1) is 34.5. The fourth-order valence-corrected chi connectivity index (χ4v) is 12.5. The normalized spacial score (nSPS) is 40.3. The molecule has 0 heterocycles. The van der Waals surface area contributed by atoms with Crippen LogP contribution >= 0.6 is 0 Å². The van der Waals surface area contributed by atoms with E-state index in [9.17, 15) is 14.7 Å². The first-order valence-corrected chi connectivity index (χ1v) is 18.9. The predicted molar refractivity (Wildman–Crippen MR) is 192 cm³/mol. The van der Waals surface area contributed by atoms with Crippen LogP contribution < -0.4 is 0 Å². The maximum atomic E-state index is 14.3. The molecule has 49 heavy (non-hydrogen) atoms. The van der Waals surface area contributed by atoms with E-state index < -0.39 is 23.0 Å². The maximum Gasteiger partial charge on any atom is 0.338 e. The van der Waals surface area contributed by atoms with Crippen LogP contribution in [-0.2, 0) is 20.9 Å². The van der Waals surface area contributed by atoms with E-state index in [2.05, 4.69) is 54.5 Å². The number of carbonyl (C=O) groups is 2. The molecular formula is C44H58O5. The third-order valence-electron chi connectivity index (χ3n) is 15.4. The molecule has 0 aromatic heterocycles. The van der Waals surface area contributed by atoms with E-state index in [1.54, 1.807) is 12.1 Å². The van der Waals surface area contributed by atoms with Gasteiger partial charge in [0.1, 0.15) is 12.7 Å². The fourth-order valence-electron chi connectivity index (χ4n) is 12.5. The standard InChI is InChI=1S/C44H58O5/c1-39(2)22-24-44(38(47)48-28-29-14-10-8-11-15-29)25-23-42(6)31(32(44)26-39)18-19-35-41(5)27-33(49-37(46)30-16-12-9-13-17-30)36(45)40(3,4)34(41)20-21-43(35,42)7/h8-18,32-36,45H,19-28H2,1-7H3/t32-,33+,34-,35+,36-,41-,42+,43+,44-/m0/s1. The molecule has 5 aliphatic carbocycles. The lowest BCUT2D eigenvalue weighted by Gasteiger charge is -2.71. The van der Waals surface area contributed by atoms with Gasteiger partial charge >= 0.3 is 11.9 Å². The third kappa shape index (κ3) is 5.26. The van der Waals surface area contributed by atoms with Crippen molar-refractivity contribution in [2.75, 3.05) is 0 Å². The lowest BCUT2D eigenvalue weighted by Crippen LogP contribution is -2.67. The van der Waals surface area contributed by atoms with Gasteiger partial charge in [-0.3, -0.25) is 4.79 Å². The summed E-state index contributed by atoms with van der Waals surface area (Å²) in [7, 11) is 0. The molecule has 0 amide bonds. The van der Waals surface area contributed by atoms with Crippen LogP contribution in [0.1, 0.15) is 122 Å². The van der Waals surface area contributed by atoms with Gasteiger partial charge in [0.25, 0.3) is 0 Å². The van der Waals surface area contributed by atoms with Gasteiger partial charge in [-0.25, -0.2) is 4.79 Å². The van der Waals surface area contributed by atoms with Crippen molar-refractivity contribution in [3.05, 3.63) is 83.4 Å². The van der Waals surface area contributed by atoms with E-state index in [-0.39, 0.29) is 39.5 Å². The fraction of sp³-hybridized carbons (Fsp3) is 0.636. The zero-order valence-corrected chi connectivity index (χ0v) is 30.9. The monoisotopic (exact) mass is 666 g/mol. The topological polar surface area (TPSA) is 72.8 Å². The van der Waals surface area contributed by atoms with Crippen molar-refractivity contribution in [2.45, 2.75) is 125 Å². The highest BCUT2D eigenvalue weighted by Gasteiger charge is 2.70. The highest BCUT2D eigenvalue weighted by molar-refractivity contribution is 5.89. The summed E-state index contributed by atoms with van der Waals surface area (Å²) in [5.41, 5.74) is 2.17. The summed E-state index contributed by atoms with van der Waals surface area (Å²) in [5.74, 6) is 0.482. The number of hydrogen-bond acceptors (Lipinski definition) is 5. The molecule has 5 aliphatic rings. The molecular weight excluding hydrogens is 608 g/mol. The molecule has 4 saturated carbocycles. The average Bonchev–Trinajstić information content (AvgIpc) is 3.07. The molecule has 0 radical (unpaired) electrons. The van der Waals surface area contributed by atoms with Crippen LogP contribution in [0.5, 0.6) is 0 Å². The Morgan fingerprint density at radius 2 is 1.45 bits per heavy atom. The van der Waals surface area contributed by atoms with Crippen molar-refractivity contribution >= 4 is 11.9 Å². The minimum absolute atomic E-state index is 0.00570. The zero-order valence-electron chi connectivity index (χ0n) is 30.9. The SMILES string of the molecule is CC1(C)CC[C@]2(C(=O)OCc3ccccc3)CC[C@]3(C)C(=CC[C@@H]4[C@@]5(C)C[C@@H](OC(=O)c6ccccc6)[C@H](O)C(C)(C)[C@@H]5CC[C@]43C)[C@@H]2C1. The van der Waals surface area contributed by atoms with Crippen molar-refractivity contribution in [3.63, 3.8) is 0 Å². The molecule has 7 rings (SSSR count). The van der Waals surface area contributed by atoms with E-state index >= 15 is 0 Å². The second kappa shape index (κ2) is 11.8. The Morgan fingerprint density at radius 1 is 0.796 bits per heavy atom. The zero-order chi connectivity index (χ0) is 35.0. The lowest BCUT2D eigenvalue weighted by molar-refractivity contribution is -0.232. The number of esters is 2. The minimum atomic E-state index is -0.727. The Balaban J connectivity index is 1.22. The van der Waals surface area contributed by atoms with E-state index in [0.29, 0.717) is 30.4 Å². The first-order chi connectivity index (χ1) is 23.1. The largest absolute Gasteiger partial charge is 0.460 e. The summed E-state index contributed by atoms with van der Waals surface area (Å²) >= 11 is 0. The number of benzene rings is 2. The summed E-state index contributed by atoms with van der Waals surface area (Å²) in [4.78, 5) is 27.7. The Kier molecular flexibility index (Phi) is 8.33. The smallest absolute Gasteiger partial charge is 0.338 e. The maximum absolute atomic E-state index is 14.3. The van der Waals surface area contributed by atoms with Gasteiger partial charge in [-0.15, -0.1) is 0 Å². The van der Waals surface area contributed by atoms with Crippen LogP contribution in [0.25, 0.3) is 0 Å². The third-order valence-corrected chi connectivity index (χ3v) is 15.4.